The molecule has 0 saturated heterocycles. The molecule has 0 radical (unpaired) electrons. The van der Waals surface area contributed by atoms with Crippen molar-refractivity contribution in [3.05, 3.63) is 194 Å². The van der Waals surface area contributed by atoms with Crippen molar-refractivity contribution in [1.29, 1.82) is 5.26 Å². The molecule has 1 aromatic heterocycles. The standard InChI is InChI=1S/C53H31NS/c54-32-33-13-25-50-47(27-33)48-30-41(23-26-51(48)55-50)37-16-14-36(15-17-37)40-22-24-46-49(31-40)53(43-21-19-35-8-2-4-10-39(35)29-43)45-12-6-5-11-44(45)52(46)42-20-18-34-7-1-3-9-38(34)28-42/h1-31H. The molecule has 0 bridgehead atoms. The van der Waals surface area contributed by atoms with Crippen LogP contribution in [0.2, 0.25) is 0 Å². The lowest BCUT2D eigenvalue weighted by Crippen LogP contribution is -1.92. The van der Waals surface area contributed by atoms with Crippen LogP contribution in [0.1, 0.15) is 5.56 Å². The second-order valence-corrected chi connectivity index (χ2v) is 15.5. The molecule has 0 aliphatic carbocycles. The van der Waals surface area contributed by atoms with Crippen LogP contribution in [0.25, 0.3) is 108 Å². The molecule has 55 heavy (non-hydrogen) atoms. The number of thiophene rings is 1. The number of hydrogen-bond acceptors (Lipinski definition) is 2. The number of nitriles is 1. The van der Waals surface area contributed by atoms with E-state index in [1.807, 2.05) is 12.1 Å². The zero-order chi connectivity index (χ0) is 36.5. The summed E-state index contributed by atoms with van der Waals surface area (Å²) >= 11 is 1.78. The Balaban J connectivity index is 1.10. The van der Waals surface area contributed by atoms with E-state index < -0.39 is 0 Å². The Kier molecular flexibility index (Phi) is 7.17. The molecule has 1 heterocycles. The van der Waals surface area contributed by atoms with E-state index in [1.54, 1.807) is 11.3 Å². The van der Waals surface area contributed by atoms with Crippen LogP contribution >= 0.6 is 11.3 Å². The van der Waals surface area contributed by atoms with Crippen molar-refractivity contribution < 1.29 is 0 Å². The molecule has 0 spiro atoms. The molecule has 1 nitrogen and oxygen atoms in total. The van der Waals surface area contributed by atoms with Gasteiger partial charge < -0.3 is 0 Å². The van der Waals surface area contributed by atoms with Crippen LogP contribution < -0.4 is 0 Å². The Morgan fingerprint density at radius 1 is 0.309 bits per heavy atom. The zero-order valence-electron chi connectivity index (χ0n) is 29.8. The van der Waals surface area contributed by atoms with Crippen LogP contribution in [0.5, 0.6) is 0 Å². The van der Waals surface area contributed by atoms with E-state index in [9.17, 15) is 5.26 Å². The molecule has 2 heteroatoms. The lowest BCUT2D eigenvalue weighted by Gasteiger charge is -2.19. The molecule has 254 valence electrons. The van der Waals surface area contributed by atoms with Gasteiger partial charge in [0.25, 0.3) is 0 Å². The van der Waals surface area contributed by atoms with Crippen molar-refractivity contribution in [3.8, 4) is 50.6 Å². The number of fused-ring (bicyclic) bond motifs is 7. The summed E-state index contributed by atoms with van der Waals surface area (Å²) in [6, 6.07) is 70.9. The predicted molar refractivity (Wildman–Crippen MR) is 236 cm³/mol. The molecule has 0 unspecified atom stereocenters. The van der Waals surface area contributed by atoms with Crippen molar-refractivity contribution in [1.82, 2.24) is 0 Å². The van der Waals surface area contributed by atoms with Gasteiger partial charge in [-0.2, -0.15) is 5.26 Å². The highest BCUT2D eigenvalue weighted by molar-refractivity contribution is 7.25. The summed E-state index contributed by atoms with van der Waals surface area (Å²) in [5.41, 5.74) is 10.4. The maximum absolute atomic E-state index is 9.53. The molecule has 0 fully saturated rings. The summed E-state index contributed by atoms with van der Waals surface area (Å²) in [4.78, 5) is 0. The van der Waals surface area contributed by atoms with Crippen molar-refractivity contribution in [2.45, 2.75) is 0 Å². The molecule has 11 aromatic rings. The second kappa shape index (κ2) is 12.5. The van der Waals surface area contributed by atoms with Gasteiger partial charge in [0, 0.05) is 20.2 Å². The van der Waals surface area contributed by atoms with Gasteiger partial charge in [0.15, 0.2) is 0 Å². The summed E-state index contributed by atoms with van der Waals surface area (Å²) in [5, 5.41) is 21.8. The summed E-state index contributed by atoms with van der Waals surface area (Å²) in [5.74, 6) is 0. The lowest BCUT2D eigenvalue weighted by molar-refractivity contribution is 1.50. The Hall–Kier alpha value is -7.05. The fraction of sp³-hybridized carbons (Fsp3) is 0. The number of rotatable bonds is 4. The fourth-order valence-corrected chi connectivity index (χ4v) is 9.62. The average Bonchev–Trinajstić information content (AvgIpc) is 3.62. The molecule has 0 amide bonds. The maximum Gasteiger partial charge on any atom is 0.0991 e. The smallest absolute Gasteiger partial charge is 0.0991 e. The number of nitrogens with zero attached hydrogens (tertiary/aromatic N) is 1. The van der Waals surface area contributed by atoms with E-state index >= 15 is 0 Å². The van der Waals surface area contributed by atoms with E-state index in [4.69, 9.17) is 0 Å². The minimum atomic E-state index is 0.693. The molecule has 10 aromatic carbocycles. The van der Waals surface area contributed by atoms with Crippen LogP contribution in [-0.2, 0) is 0 Å². The molecular weight excluding hydrogens is 683 g/mol. The van der Waals surface area contributed by atoms with Crippen LogP contribution in [0, 0.1) is 11.3 Å². The third-order valence-electron chi connectivity index (χ3n) is 11.3. The highest BCUT2D eigenvalue weighted by atomic mass is 32.1. The molecule has 0 N–H and O–H groups in total. The van der Waals surface area contributed by atoms with Gasteiger partial charge >= 0.3 is 0 Å². The number of hydrogen-bond donors (Lipinski definition) is 0. The first-order valence-corrected chi connectivity index (χ1v) is 19.4. The Morgan fingerprint density at radius 2 is 0.745 bits per heavy atom. The normalized spacial score (nSPS) is 11.6. The van der Waals surface area contributed by atoms with Crippen LogP contribution in [-0.4, -0.2) is 0 Å². The topological polar surface area (TPSA) is 23.8 Å². The first-order valence-electron chi connectivity index (χ1n) is 18.6. The van der Waals surface area contributed by atoms with Gasteiger partial charge in [-0.25, -0.2) is 0 Å². The highest BCUT2D eigenvalue weighted by Gasteiger charge is 2.18. The van der Waals surface area contributed by atoms with Gasteiger partial charge in [-0.3, -0.25) is 0 Å². The van der Waals surface area contributed by atoms with E-state index in [0.29, 0.717) is 5.56 Å². The Morgan fingerprint density at radius 3 is 1.35 bits per heavy atom. The molecule has 0 atom stereocenters. The largest absolute Gasteiger partial charge is 0.192 e. The van der Waals surface area contributed by atoms with Gasteiger partial charge in [0.2, 0.25) is 0 Å². The van der Waals surface area contributed by atoms with E-state index in [2.05, 4.69) is 182 Å². The van der Waals surface area contributed by atoms with Crippen molar-refractivity contribution in [2.24, 2.45) is 0 Å². The zero-order valence-corrected chi connectivity index (χ0v) is 30.6. The highest BCUT2D eigenvalue weighted by Crippen LogP contribution is 2.46. The van der Waals surface area contributed by atoms with Gasteiger partial charge in [0.1, 0.15) is 0 Å². The molecule has 11 rings (SSSR count). The maximum atomic E-state index is 9.53. The number of benzene rings is 10. The van der Waals surface area contributed by atoms with Gasteiger partial charge in [-0.15, -0.1) is 11.3 Å². The molecular formula is C53H31NS. The third kappa shape index (κ3) is 5.21. The van der Waals surface area contributed by atoms with E-state index in [-0.39, 0.29) is 0 Å². The first-order chi connectivity index (χ1) is 27.2. The average molecular weight is 714 g/mol. The first kappa shape index (κ1) is 31.5. The van der Waals surface area contributed by atoms with Crippen molar-refractivity contribution in [2.75, 3.05) is 0 Å². The third-order valence-corrected chi connectivity index (χ3v) is 12.4. The van der Waals surface area contributed by atoms with Gasteiger partial charge in [-0.05, 0) is 136 Å². The summed E-state index contributed by atoms with van der Waals surface area (Å²) in [7, 11) is 0. The summed E-state index contributed by atoms with van der Waals surface area (Å²) < 4.78 is 2.44. The second-order valence-electron chi connectivity index (χ2n) is 14.4. The van der Waals surface area contributed by atoms with Gasteiger partial charge in [-0.1, -0.05) is 140 Å². The quantitative estimate of drug-likeness (QED) is 0.167. The molecule has 0 saturated carbocycles. The minimum absolute atomic E-state index is 0.693. The van der Waals surface area contributed by atoms with Crippen LogP contribution in [0.15, 0.2) is 188 Å². The minimum Gasteiger partial charge on any atom is -0.192 e. The lowest BCUT2D eigenvalue weighted by atomic mass is 9.84. The molecule has 0 aliphatic heterocycles. The molecule has 0 aliphatic rings. The van der Waals surface area contributed by atoms with E-state index in [1.165, 1.54) is 102 Å². The monoisotopic (exact) mass is 713 g/mol. The van der Waals surface area contributed by atoms with Crippen LogP contribution in [0.3, 0.4) is 0 Å². The van der Waals surface area contributed by atoms with Crippen molar-refractivity contribution >= 4 is 74.6 Å². The summed E-state index contributed by atoms with van der Waals surface area (Å²) in [6.45, 7) is 0. The van der Waals surface area contributed by atoms with Crippen LogP contribution in [0.4, 0.5) is 0 Å². The SMILES string of the molecule is N#Cc1ccc2sc3ccc(-c4ccc(-c5ccc6c(-c7ccc8ccccc8c7)c7ccccc7c(-c7ccc8ccccc8c7)c6c5)cc4)cc3c2c1. The predicted octanol–water partition coefficient (Wildman–Crippen LogP) is 15.2. The Bertz CT molecular complexity index is 3380. The fourth-order valence-electron chi connectivity index (χ4n) is 8.55. The summed E-state index contributed by atoms with van der Waals surface area (Å²) in [6.07, 6.45) is 0. The Labute approximate surface area is 322 Å². The van der Waals surface area contributed by atoms with E-state index in [0.717, 1.165) is 5.39 Å². The van der Waals surface area contributed by atoms with Crippen molar-refractivity contribution in [3.63, 3.8) is 0 Å². The van der Waals surface area contributed by atoms with Gasteiger partial charge in [0.05, 0.1) is 11.6 Å².